The monoisotopic (exact) mass is 259 g/mol. The zero-order valence-electron chi connectivity index (χ0n) is 11.2. The van der Waals surface area contributed by atoms with Gasteiger partial charge in [-0.1, -0.05) is 29.8 Å². The molecule has 2 rings (SSSR count). The van der Waals surface area contributed by atoms with Crippen LogP contribution in [-0.4, -0.2) is 11.7 Å². The van der Waals surface area contributed by atoms with Crippen LogP contribution < -0.4 is 5.32 Å². The van der Waals surface area contributed by atoms with Crippen LogP contribution in [0.15, 0.2) is 48.5 Å². The van der Waals surface area contributed by atoms with Crippen LogP contribution in [0.3, 0.4) is 0 Å². The minimum absolute atomic E-state index is 0.0769. The Kier molecular flexibility index (Phi) is 3.86. The van der Waals surface area contributed by atoms with Crippen molar-refractivity contribution >= 4 is 5.69 Å². The van der Waals surface area contributed by atoms with Gasteiger partial charge in [-0.05, 0) is 43.7 Å². The summed E-state index contributed by atoms with van der Waals surface area (Å²) in [5, 5.41) is 13.0. The molecule has 0 radical (unpaired) electrons. The summed E-state index contributed by atoms with van der Waals surface area (Å²) in [4.78, 5) is 0. The molecule has 0 saturated heterocycles. The Labute approximate surface area is 112 Å². The maximum absolute atomic E-state index is 13.0. The van der Waals surface area contributed by atoms with Crippen molar-refractivity contribution in [2.75, 3.05) is 11.9 Å². The fourth-order valence-electron chi connectivity index (χ4n) is 1.98. The van der Waals surface area contributed by atoms with E-state index in [0.717, 1.165) is 11.3 Å². The first-order valence-electron chi connectivity index (χ1n) is 6.25. The second kappa shape index (κ2) is 5.41. The van der Waals surface area contributed by atoms with Gasteiger partial charge in [0.2, 0.25) is 0 Å². The lowest BCUT2D eigenvalue weighted by Gasteiger charge is -2.30. The van der Waals surface area contributed by atoms with Crippen molar-refractivity contribution in [2.45, 2.75) is 19.4 Å². The topological polar surface area (TPSA) is 32.3 Å². The molecular weight excluding hydrogens is 241 g/mol. The standard InChI is InChI=1S/C16H18FNO/c1-12-3-9-15(10-4-12)18-16(2,11-19)13-5-7-14(17)8-6-13/h3-10,18-19H,11H2,1-2H3. The van der Waals surface area contributed by atoms with Gasteiger partial charge >= 0.3 is 0 Å². The maximum Gasteiger partial charge on any atom is 0.123 e. The lowest BCUT2D eigenvalue weighted by atomic mass is 9.92. The first kappa shape index (κ1) is 13.6. The third kappa shape index (κ3) is 3.12. The van der Waals surface area contributed by atoms with Crippen LogP contribution in [0.5, 0.6) is 0 Å². The number of hydrogen-bond donors (Lipinski definition) is 2. The quantitative estimate of drug-likeness (QED) is 0.881. The molecule has 0 amide bonds. The molecule has 1 atom stereocenters. The highest BCUT2D eigenvalue weighted by molar-refractivity contribution is 5.48. The summed E-state index contributed by atoms with van der Waals surface area (Å²) in [5.41, 5.74) is 2.31. The van der Waals surface area contributed by atoms with E-state index in [4.69, 9.17) is 0 Å². The highest BCUT2D eigenvalue weighted by Crippen LogP contribution is 2.26. The number of rotatable bonds is 4. The summed E-state index contributed by atoms with van der Waals surface area (Å²) < 4.78 is 13.0. The Morgan fingerprint density at radius 1 is 1.05 bits per heavy atom. The first-order chi connectivity index (χ1) is 9.03. The molecule has 0 aliphatic carbocycles. The van der Waals surface area contributed by atoms with Crippen LogP contribution in [0.4, 0.5) is 10.1 Å². The summed E-state index contributed by atoms with van der Waals surface area (Å²) in [6, 6.07) is 14.1. The molecule has 0 saturated carbocycles. The Morgan fingerprint density at radius 3 is 2.16 bits per heavy atom. The van der Waals surface area contributed by atoms with Gasteiger partial charge in [0, 0.05) is 5.69 Å². The van der Waals surface area contributed by atoms with Crippen molar-refractivity contribution in [1.29, 1.82) is 0 Å². The highest BCUT2D eigenvalue weighted by Gasteiger charge is 2.25. The summed E-state index contributed by atoms with van der Waals surface area (Å²) in [7, 11) is 0. The third-order valence-corrected chi connectivity index (χ3v) is 3.27. The predicted octanol–water partition coefficient (Wildman–Crippen LogP) is 3.45. The molecule has 0 aromatic heterocycles. The van der Waals surface area contributed by atoms with Gasteiger partial charge < -0.3 is 10.4 Å². The maximum atomic E-state index is 13.0. The van der Waals surface area contributed by atoms with Gasteiger partial charge in [0.15, 0.2) is 0 Å². The van der Waals surface area contributed by atoms with Gasteiger partial charge in [-0.2, -0.15) is 0 Å². The molecule has 0 spiro atoms. The minimum Gasteiger partial charge on any atom is -0.394 e. The predicted molar refractivity (Wildman–Crippen MR) is 75.6 cm³/mol. The zero-order valence-corrected chi connectivity index (χ0v) is 11.2. The van der Waals surface area contributed by atoms with Crippen molar-refractivity contribution in [3.63, 3.8) is 0 Å². The van der Waals surface area contributed by atoms with Gasteiger partial charge in [0.05, 0.1) is 12.1 Å². The van der Waals surface area contributed by atoms with Crippen LogP contribution in [0.1, 0.15) is 18.1 Å². The molecule has 0 bridgehead atoms. The van der Waals surface area contributed by atoms with Crippen molar-refractivity contribution in [3.8, 4) is 0 Å². The molecule has 3 heteroatoms. The van der Waals surface area contributed by atoms with E-state index < -0.39 is 5.54 Å². The van der Waals surface area contributed by atoms with Crippen molar-refractivity contribution in [3.05, 3.63) is 65.5 Å². The van der Waals surface area contributed by atoms with Crippen LogP contribution >= 0.6 is 0 Å². The van der Waals surface area contributed by atoms with Crippen LogP contribution in [0, 0.1) is 12.7 Å². The average molecular weight is 259 g/mol. The van der Waals surface area contributed by atoms with E-state index in [9.17, 15) is 9.50 Å². The van der Waals surface area contributed by atoms with Crippen LogP contribution in [-0.2, 0) is 5.54 Å². The normalized spacial score (nSPS) is 13.9. The van der Waals surface area contributed by atoms with E-state index in [2.05, 4.69) is 5.32 Å². The smallest absolute Gasteiger partial charge is 0.123 e. The number of benzene rings is 2. The van der Waals surface area contributed by atoms with E-state index in [0.29, 0.717) is 0 Å². The summed E-state index contributed by atoms with van der Waals surface area (Å²) in [6.45, 7) is 3.83. The Bertz CT molecular complexity index is 536. The molecular formula is C16H18FNO. The third-order valence-electron chi connectivity index (χ3n) is 3.27. The van der Waals surface area contributed by atoms with E-state index in [1.807, 2.05) is 38.1 Å². The van der Waals surface area contributed by atoms with Gasteiger partial charge in [-0.15, -0.1) is 0 Å². The van der Waals surface area contributed by atoms with E-state index >= 15 is 0 Å². The molecule has 2 N–H and O–H groups in total. The molecule has 2 nitrogen and oxygen atoms in total. The SMILES string of the molecule is Cc1ccc(NC(C)(CO)c2ccc(F)cc2)cc1. The molecule has 100 valence electrons. The highest BCUT2D eigenvalue weighted by atomic mass is 19.1. The van der Waals surface area contributed by atoms with Gasteiger partial charge in [0.1, 0.15) is 5.82 Å². The summed E-state index contributed by atoms with van der Waals surface area (Å²) in [6.07, 6.45) is 0. The average Bonchev–Trinajstić information content (AvgIpc) is 2.42. The second-order valence-electron chi connectivity index (χ2n) is 4.99. The van der Waals surface area contributed by atoms with E-state index in [1.165, 1.54) is 17.7 Å². The van der Waals surface area contributed by atoms with E-state index in [-0.39, 0.29) is 12.4 Å². The molecule has 2 aromatic carbocycles. The van der Waals surface area contributed by atoms with Crippen molar-refractivity contribution in [1.82, 2.24) is 0 Å². The molecule has 0 fully saturated rings. The number of nitrogens with one attached hydrogen (secondary N) is 1. The summed E-state index contributed by atoms with van der Waals surface area (Å²) >= 11 is 0. The minimum atomic E-state index is -0.636. The van der Waals surface area contributed by atoms with Crippen molar-refractivity contribution < 1.29 is 9.50 Å². The van der Waals surface area contributed by atoms with Crippen LogP contribution in [0.2, 0.25) is 0 Å². The molecule has 2 aromatic rings. The van der Waals surface area contributed by atoms with Crippen molar-refractivity contribution in [2.24, 2.45) is 0 Å². The Hall–Kier alpha value is -1.87. The Balaban J connectivity index is 2.27. The first-order valence-corrected chi connectivity index (χ1v) is 6.25. The number of anilines is 1. The number of hydrogen-bond acceptors (Lipinski definition) is 2. The second-order valence-corrected chi connectivity index (χ2v) is 4.99. The number of aliphatic hydroxyl groups excluding tert-OH is 1. The fraction of sp³-hybridized carbons (Fsp3) is 0.250. The van der Waals surface area contributed by atoms with Gasteiger partial charge in [-0.25, -0.2) is 4.39 Å². The van der Waals surface area contributed by atoms with Gasteiger partial charge in [0.25, 0.3) is 0 Å². The molecule has 0 aliphatic heterocycles. The molecule has 0 heterocycles. The zero-order chi connectivity index (χ0) is 13.9. The number of aliphatic hydroxyl groups is 1. The largest absolute Gasteiger partial charge is 0.394 e. The lowest BCUT2D eigenvalue weighted by Crippen LogP contribution is -2.35. The lowest BCUT2D eigenvalue weighted by molar-refractivity contribution is 0.224. The number of halogens is 1. The van der Waals surface area contributed by atoms with E-state index in [1.54, 1.807) is 12.1 Å². The molecule has 1 unspecified atom stereocenters. The number of aryl methyl sites for hydroxylation is 1. The summed E-state index contributed by atoms with van der Waals surface area (Å²) in [5.74, 6) is -0.278. The van der Waals surface area contributed by atoms with Crippen LogP contribution in [0.25, 0.3) is 0 Å². The van der Waals surface area contributed by atoms with Gasteiger partial charge in [-0.3, -0.25) is 0 Å². The molecule has 0 aliphatic rings. The Morgan fingerprint density at radius 2 is 1.63 bits per heavy atom. The fourth-order valence-corrected chi connectivity index (χ4v) is 1.98. The molecule has 19 heavy (non-hydrogen) atoms.